The average molecular weight is 530 g/mol. The van der Waals surface area contributed by atoms with Crippen LogP contribution in [-0.2, 0) is 0 Å². The van der Waals surface area contributed by atoms with Gasteiger partial charge in [0, 0.05) is 9.86 Å². The SMILES string of the molecule is C=CCOc1ccc(C=Nn2c(-c3cc4cc(Br)ccc4o3)nc3ccccc3c2=O)cc1OC. The molecule has 0 bridgehead atoms. The molecule has 3 aromatic carbocycles. The number of benzene rings is 3. The highest BCUT2D eigenvalue weighted by Crippen LogP contribution is 2.30. The van der Waals surface area contributed by atoms with E-state index in [1.54, 1.807) is 49.7 Å². The van der Waals surface area contributed by atoms with Gasteiger partial charge >= 0.3 is 0 Å². The molecule has 5 aromatic rings. The van der Waals surface area contributed by atoms with Crippen LogP contribution in [0.3, 0.4) is 0 Å². The minimum Gasteiger partial charge on any atom is -0.493 e. The van der Waals surface area contributed by atoms with E-state index < -0.39 is 0 Å². The first-order chi connectivity index (χ1) is 17.1. The van der Waals surface area contributed by atoms with Crippen molar-refractivity contribution in [3.05, 3.63) is 99.8 Å². The highest BCUT2D eigenvalue weighted by molar-refractivity contribution is 9.10. The summed E-state index contributed by atoms with van der Waals surface area (Å²) in [6, 6.07) is 20.1. The second-order valence-corrected chi connectivity index (χ2v) is 8.53. The molecule has 174 valence electrons. The van der Waals surface area contributed by atoms with E-state index in [9.17, 15) is 4.79 Å². The summed E-state index contributed by atoms with van der Waals surface area (Å²) >= 11 is 3.48. The number of hydrogen-bond donors (Lipinski definition) is 0. The average Bonchev–Trinajstić information content (AvgIpc) is 3.30. The lowest BCUT2D eigenvalue weighted by atomic mass is 10.2. The van der Waals surface area contributed by atoms with Crippen LogP contribution in [-0.4, -0.2) is 29.6 Å². The molecule has 0 radical (unpaired) electrons. The Morgan fingerprint density at radius 2 is 1.97 bits per heavy atom. The summed E-state index contributed by atoms with van der Waals surface area (Å²) in [4.78, 5) is 18.1. The van der Waals surface area contributed by atoms with Crippen LogP contribution in [0.2, 0.25) is 0 Å². The standard InChI is InChI=1S/C27H20BrN3O4/c1-3-12-34-23-10-8-17(13-24(23)33-2)16-29-31-26(30-21-7-5-4-6-20(21)27(31)32)25-15-18-14-19(28)9-11-22(18)35-25/h3-11,13-16H,1,12H2,2H3. The van der Waals surface area contributed by atoms with Crippen LogP contribution in [0.4, 0.5) is 0 Å². The fourth-order valence-corrected chi connectivity index (χ4v) is 4.05. The minimum absolute atomic E-state index is 0.301. The predicted octanol–water partition coefficient (Wildman–Crippen LogP) is 6.03. The van der Waals surface area contributed by atoms with Crippen LogP contribution in [0.5, 0.6) is 11.5 Å². The van der Waals surface area contributed by atoms with Crippen molar-refractivity contribution in [1.82, 2.24) is 9.66 Å². The van der Waals surface area contributed by atoms with Crippen molar-refractivity contribution >= 4 is 44.0 Å². The summed E-state index contributed by atoms with van der Waals surface area (Å²) in [7, 11) is 1.56. The van der Waals surface area contributed by atoms with E-state index in [0.29, 0.717) is 51.7 Å². The van der Waals surface area contributed by atoms with Gasteiger partial charge in [-0.1, -0.05) is 40.7 Å². The summed E-state index contributed by atoms with van der Waals surface area (Å²) in [6.07, 6.45) is 3.23. The van der Waals surface area contributed by atoms with Gasteiger partial charge in [-0.3, -0.25) is 4.79 Å². The Labute approximate surface area is 209 Å². The van der Waals surface area contributed by atoms with Gasteiger partial charge in [-0.15, -0.1) is 0 Å². The normalized spacial score (nSPS) is 11.4. The number of ether oxygens (including phenoxy) is 2. The first-order valence-electron chi connectivity index (χ1n) is 10.7. The summed E-state index contributed by atoms with van der Waals surface area (Å²) in [5.74, 6) is 1.87. The van der Waals surface area contributed by atoms with Gasteiger partial charge in [-0.2, -0.15) is 9.78 Å². The Kier molecular flexibility index (Phi) is 6.20. The van der Waals surface area contributed by atoms with Crippen molar-refractivity contribution in [2.24, 2.45) is 5.10 Å². The van der Waals surface area contributed by atoms with Crippen molar-refractivity contribution in [1.29, 1.82) is 0 Å². The molecule has 0 unspecified atom stereocenters. The van der Waals surface area contributed by atoms with E-state index >= 15 is 0 Å². The predicted molar refractivity (Wildman–Crippen MR) is 141 cm³/mol. The van der Waals surface area contributed by atoms with Gasteiger partial charge in [0.25, 0.3) is 5.56 Å². The third-order valence-electron chi connectivity index (χ3n) is 5.32. The molecule has 35 heavy (non-hydrogen) atoms. The summed E-state index contributed by atoms with van der Waals surface area (Å²) in [5.41, 5.74) is 1.65. The maximum atomic E-state index is 13.4. The first kappa shape index (κ1) is 22.6. The maximum absolute atomic E-state index is 13.4. The molecule has 2 aromatic heterocycles. The van der Waals surface area contributed by atoms with Crippen molar-refractivity contribution < 1.29 is 13.9 Å². The zero-order valence-electron chi connectivity index (χ0n) is 18.8. The second-order valence-electron chi connectivity index (χ2n) is 7.62. The molecular formula is C27H20BrN3O4. The topological polar surface area (TPSA) is 78.9 Å². The van der Waals surface area contributed by atoms with Gasteiger partial charge in [-0.25, -0.2) is 4.98 Å². The van der Waals surface area contributed by atoms with Crippen LogP contribution in [0.15, 0.2) is 98.2 Å². The number of hydrogen-bond acceptors (Lipinski definition) is 6. The van der Waals surface area contributed by atoms with Gasteiger partial charge in [0.05, 0.1) is 24.2 Å². The molecule has 0 aliphatic rings. The highest BCUT2D eigenvalue weighted by Gasteiger charge is 2.16. The second kappa shape index (κ2) is 9.60. The smallest absolute Gasteiger partial charge is 0.282 e. The zero-order valence-corrected chi connectivity index (χ0v) is 20.4. The zero-order chi connectivity index (χ0) is 24.4. The number of furan rings is 1. The number of fused-ring (bicyclic) bond motifs is 2. The molecule has 0 saturated heterocycles. The van der Waals surface area contributed by atoms with E-state index in [0.717, 1.165) is 9.86 Å². The molecule has 5 rings (SSSR count). The Balaban J connectivity index is 1.64. The van der Waals surface area contributed by atoms with Crippen molar-refractivity contribution in [3.8, 4) is 23.1 Å². The monoisotopic (exact) mass is 529 g/mol. The number of halogens is 1. The number of methoxy groups -OCH3 is 1. The van der Waals surface area contributed by atoms with E-state index in [2.05, 4.69) is 27.6 Å². The molecule has 0 aliphatic carbocycles. The van der Waals surface area contributed by atoms with E-state index in [1.165, 1.54) is 4.68 Å². The molecule has 0 amide bonds. The highest BCUT2D eigenvalue weighted by atomic mass is 79.9. The molecule has 0 saturated carbocycles. The first-order valence-corrected chi connectivity index (χ1v) is 11.5. The summed E-state index contributed by atoms with van der Waals surface area (Å²) in [6.45, 7) is 4.02. The lowest BCUT2D eigenvalue weighted by Crippen LogP contribution is -2.20. The van der Waals surface area contributed by atoms with Crippen molar-refractivity contribution in [2.45, 2.75) is 0 Å². The van der Waals surface area contributed by atoms with Crippen molar-refractivity contribution in [2.75, 3.05) is 13.7 Å². The van der Waals surface area contributed by atoms with Crippen LogP contribution in [0.1, 0.15) is 5.56 Å². The van der Waals surface area contributed by atoms with Gasteiger partial charge in [-0.05, 0) is 60.2 Å². The molecule has 8 heteroatoms. The lowest BCUT2D eigenvalue weighted by Gasteiger charge is -2.10. The fourth-order valence-electron chi connectivity index (χ4n) is 3.67. The van der Waals surface area contributed by atoms with Crippen LogP contribution in [0.25, 0.3) is 33.5 Å². The number of rotatable bonds is 7. The largest absolute Gasteiger partial charge is 0.493 e. The Morgan fingerprint density at radius 1 is 1.11 bits per heavy atom. The number of aromatic nitrogens is 2. The lowest BCUT2D eigenvalue weighted by molar-refractivity contribution is 0.326. The Bertz CT molecular complexity index is 1650. The maximum Gasteiger partial charge on any atom is 0.282 e. The molecular weight excluding hydrogens is 510 g/mol. The van der Waals surface area contributed by atoms with Gasteiger partial charge in [0.15, 0.2) is 17.3 Å². The third-order valence-corrected chi connectivity index (χ3v) is 5.81. The third kappa shape index (κ3) is 4.48. The molecule has 0 N–H and O–H groups in total. The Morgan fingerprint density at radius 3 is 2.80 bits per heavy atom. The summed E-state index contributed by atoms with van der Waals surface area (Å²) < 4.78 is 19.3. The molecule has 0 atom stereocenters. The molecule has 0 spiro atoms. The van der Waals surface area contributed by atoms with Gasteiger partial charge < -0.3 is 13.9 Å². The van der Waals surface area contributed by atoms with E-state index in [1.807, 2.05) is 36.4 Å². The molecule has 2 heterocycles. The molecule has 0 fully saturated rings. The van der Waals surface area contributed by atoms with Gasteiger partial charge in [0.2, 0.25) is 5.82 Å². The van der Waals surface area contributed by atoms with Crippen molar-refractivity contribution in [3.63, 3.8) is 0 Å². The number of para-hydroxylation sites is 1. The molecule has 0 aliphatic heterocycles. The van der Waals surface area contributed by atoms with Crippen LogP contribution < -0.4 is 15.0 Å². The van der Waals surface area contributed by atoms with Crippen LogP contribution in [0, 0.1) is 0 Å². The fraction of sp³-hybridized carbons (Fsp3) is 0.0741. The Hall–Kier alpha value is -4.17. The van der Waals surface area contributed by atoms with E-state index in [4.69, 9.17) is 18.9 Å². The van der Waals surface area contributed by atoms with Gasteiger partial charge in [0.1, 0.15) is 12.2 Å². The summed E-state index contributed by atoms with van der Waals surface area (Å²) in [5, 5.41) is 5.83. The molecule has 7 nitrogen and oxygen atoms in total. The minimum atomic E-state index is -0.304. The quantitative estimate of drug-likeness (QED) is 0.190. The number of nitrogens with zero attached hydrogens (tertiary/aromatic N) is 3. The van der Waals surface area contributed by atoms with Crippen LogP contribution >= 0.6 is 15.9 Å². The van der Waals surface area contributed by atoms with E-state index in [-0.39, 0.29) is 5.56 Å².